The number of methoxy groups -OCH3 is 2. The van der Waals surface area contributed by atoms with E-state index in [2.05, 4.69) is 15.2 Å². The number of para-hydroxylation sites is 1. The van der Waals surface area contributed by atoms with Gasteiger partial charge in [0.2, 0.25) is 0 Å². The van der Waals surface area contributed by atoms with Gasteiger partial charge < -0.3 is 15.2 Å². The van der Waals surface area contributed by atoms with E-state index in [1.807, 2.05) is 18.2 Å². The van der Waals surface area contributed by atoms with E-state index in [0.717, 1.165) is 11.1 Å². The van der Waals surface area contributed by atoms with Crippen LogP contribution in [0.4, 0.5) is 0 Å². The van der Waals surface area contributed by atoms with Crippen molar-refractivity contribution < 1.29 is 9.47 Å². The molecule has 0 aliphatic heterocycles. The van der Waals surface area contributed by atoms with E-state index in [1.54, 1.807) is 45.0 Å². The van der Waals surface area contributed by atoms with Crippen molar-refractivity contribution in [2.45, 2.75) is 0 Å². The van der Waals surface area contributed by atoms with Crippen molar-refractivity contribution in [1.29, 1.82) is 0 Å². The normalized spacial score (nSPS) is 11.6. The van der Waals surface area contributed by atoms with Crippen molar-refractivity contribution in [2.24, 2.45) is 15.9 Å². The van der Waals surface area contributed by atoms with Gasteiger partial charge in [0, 0.05) is 23.5 Å². The first-order valence-electron chi connectivity index (χ1n) is 6.24. The molecule has 1 heterocycles. The molecule has 2 aromatic rings. The van der Waals surface area contributed by atoms with Crippen molar-refractivity contribution >= 4 is 12.1 Å². The van der Waals surface area contributed by atoms with Crippen molar-refractivity contribution in [3.63, 3.8) is 0 Å². The van der Waals surface area contributed by atoms with Gasteiger partial charge in [-0.3, -0.25) is 4.98 Å². The summed E-state index contributed by atoms with van der Waals surface area (Å²) in [5.41, 5.74) is 7.35. The highest BCUT2D eigenvalue weighted by Crippen LogP contribution is 2.29. The topological polar surface area (TPSA) is 82.1 Å². The van der Waals surface area contributed by atoms with Gasteiger partial charge in [0.15, 0.2) is 17.3 Å². The van der Waals surface area contributed by atoms with Crippen LogP contribution in [0.3, 0.4) is 0 Å². The zero-order valence-electron chi connectivity index (χ0n) is 11.9. The first kappa shape index (κ1) is 14.5. The molecule has 1 aromatic heterocycles. The highest BCUT2D eigenvalue weighted by atomic mass is 16.5. The Kier molecular flexibility index (Phi) is 4.87. The van der Waals surface area contributed by atoms with E-state index >= 15 is 0 Å². The summed E-state index contributed by atoms with van der Waals surface area (Å²) in [7, 11) is 3.15. The quantitative estimate of drug-likeness (QED) is 0.516. The number of aromatic nitrogens is 1. The minimum absolute atomic E-state index is 0.315. The maximum atomic E-state index is 5.84. The summed E-state index contributed by atoms with van der Waals surface area (Å²) in [5.74, 6) is 1.55. The van der Waals surface area contributed by atoms with E-state index in [9.17, 15) is 0 Å². The average molecular weight is 284 g/mol. The maximum absolute atomic E-state index is 5.84. The SMILES string of the molecule is COc1cccc(/C=N/N=C(\N)c2ccncc2)c1OC. The lowest BCUT2D eigenvalue weighted by Crippen LogP contribution is -2.12. The first-order valence-corrected chi connectivity index (χ1v) is 6.24. The molecule has 108 valence electrons. The van der Waals surface area contributed by atoms with Gasteiger partial charge in [-0.1, -0.05) is 6.07 Å². The molecule has 0 atom stereocenters. The van der Waals surface area contributed by atoms with E-state index in [1.165, 1.54) is 0 Å². The van der Waals surface area contributed by atoms with Gasteiger partial charge in [0.25, 0.3) is 0 Å². The fraction of sp³-hybridized carbons (Fsp3) is 0.133. The zero-order chi connectivity index (χ0) is 15.1. The minimum atomic E-state index is 0.315. The van der Waals surface area contributed by atoms with Crippen LogP contribution < -0.4 is 15.2 Å². The third-order valence-corrected chi connectivity index (χ3v) is 2.77. The Morgan fingerprint density at radius 2 is 1.90 bits per heavy atom. The van der Waals surface area contributed by atoms with Gasteiger partial charge in [-0.15, -0.1) is 5.10 Å². The highest BCUT2D eigenvalue weighted by Gasteiger charge is 2.07. The smallest absolute Gasteiger partial charge is 0.169 e. The molecule has 0 saturated heterocycles. The number of nitrogens with zero attached hydrogens (tertiary/aromatic N) is 3. The Labute approximate surface area is 122 Å². The number of nitrogens with two attached hydrogens (primary N) is 1. The van der Waals surface area contributed by atoms with Crippen LogP contribution in [0.25, 0.3) is 0 Å². The molecule has 2 N–H and O–H groups in total. The van der Waals surface area contributed by atoms with E-state index in [4.69, 9.17) is 15.2 Å². The number of rotatable bonds is 5. The largest absolute Gasteiger partial charge is 0.493 e. The second-order valence-corrected chi connectivity index (χ2v) is 4.05. The molecule has 6 heteroatoms. The molecule has 2 rings (SSSR count). The van der Waals surface area contributed by atoms with Crippen molar-refractivity contribution in [1.82, 2.24) is 4.98 Å². The average Bonchev–Trinajstić information content (AvgIpc) is 2.55. The van der Waals surface area contributed by atoms with Crippen molar-refractivity contribution in [2.75, 3.05) is 14.2 Å². The Hall–Kier alpha value is -2.89. The molecule has 0 amide bonds. The third kappa shape index (κ3) is 3.56. The lowest BCUT2D eigenvalue weighted by atomic mass is 10.2. The van der Waals surface area contributed by atoms with Crippen LogP contribution in [-0.2, 0) is 0 Å². The van der Waals surface area contributed by atoms with Gasteiger partial charge >= 0.3 is 0 Å². The van der Waals surface area contributed by atoms with Gasteiger partial charge in [-0.05, 0) is 24.3 Å². The van der Waals surface area contributed by atoms with E-state index in [0.29, 0.717) is 17.3 Å². The molecule has 0 radical (unpaired) electrons. The van der Waals surface area contributed by atoms with Gasteiger partial charge in [-0.25, -0.2) is 0 Å². The summed E-state index contributed by atoms with van der Waals surface area (Å²) in [6, 6.07) is 9.04. The Morgan fingerprint density at radius 1 is 1.14 bits per heavy atom. The maximum Gasteiger partial charge on any atom is 0.169 e. The zero-order valence-corrected chi connectivity index (χ0v) is 11.9. The molecular weight excluding hydrogens is 268 g/mol. The van der Waals surface area contributed by atoms with Crippen LogP contribution in [0.1, 0.15) is 11.1 Å². The summed E-state index contributed by atoms with van der Waals surface area (Å²) < 4.78 is 10.5. The second-order valence-electron chi connectivity index (χ2n) is 4.05. The fourth-order valence-corrected chi connectivity index (χ4v) is 1.75. The second kappa shape index (κ2) is 7.04. The molecule has 0 saturated carbocycles. The predicted molar refractivity (Wildman–Crippen MR) is 82.1 cm³/mol. The molecule has 1 aromatic carbocycles. The predicted octanol–water partition coefficient (Wildman–Crippen LogP) is 1.84. The van der Waals surface area contributed by atoms with Crippen LogP contribution >= 0.6 is 0 Å². The number of pyridine rings is 1. The van der Waals surface area contributed by atoms with Crippen LogP contribution in [0.15, 0.2) is 52.9 Å². The summed E-state index contributed by atoms with van der Waals surface area (Å²) in [4.78, 5) is 3.92. The molecule has 0 aliphatic carbocycles. The van der Waals surface area contributed by atoms with Crippen LogP contribution in [0.5, 0.6) is 11.5 Å². The summed E-state index contributed by atoms with van der Waals surface area (Å²) in [5, 5.41) is 7.94. The van der Waals surface area contributed by atoms with Gasteiger partial charge in [0.1, 0.15) is 0 Å². The molecule has 0 spiro atoms. The number of ether oxygens (including phenoxy) is 2. The van der Waals surface area contributed by atoms with Crippen LogP contribution in [-0.4, -0.2) is 31.3 Å². The minimum Gasteiger partial charge on any atom is -0.493 e. The van der Waals surface area contributed by atoms with Gasteiger partial charge in [0.05, 0.1) is 20.4 Å². The first-order chi connectivity index (χ1) is 10.3. The highest BCUT2D eigenvalue weighted by molar-refractivity contribution is 5.97. The molecule has 0 unspecified atom stereocenters. The molecule has 6 nitrogen and oxygen atoms in total. The van der Waals surface area contributed by atoms with E-state index in [-0.39, 0.29) is 0 Å². The molecular formula is C15H16N4O2. The fourth-order valence-electron chi connectivity index (χ4n) is 1.75. The Balaban J connectivity index is 2.22. The Morgan fingerprint density at radius 3 is 2.57 bits per heavy atom. The standard InChI is InChI=1S/C15H16N4O2/c1-20-13-5-3-4-12(14(13)21-2)10-18-19-15(16)11-6-8-17-9-7-11/h3-10H,1-2H3,(H2,16,19)/b18-10+. The van der Waals surface area contributed by atoms with E-state index < -0.39 is 0 Å². The molecule has 0 aliphatic rings. The van der Waals surface area contributed by atoms with Crippen molar-refractivity contribution in [3.05, 3.63) is 53.9 Å². The molecule has 21 heavy (non-hydrogen) atoms. The third-order valence-electron chi connectivity index (χ3n) is 2.77. The lowest BCUT2D eigenvalue weighted by Gasteiger charge is -2.09. The number of hydrogen-bond donors (Lipinski definition) is 1. The number of amidine groups is 1. The molecule has 0 bridgehead atoms. The van der Waals surface area contributed by atoms with Gasteiger partial charge in [-0.2, -0.15) is 5.10 Å². The monoisotopic (exact) mass is 284 g/mol. The summed E-state index contributed by atoms with van der Waals surface area (Å²) in [6.45, 7) is 0. The van der Waals surface area contributed by atoms with Crippen molar-refractivity contribution in [3.8, 4) is 11.5 Å². The lowest BCUT2D eigenvalue weighted by molar-refractivity contribution is 0.354. The number of hydrogen-bond acceptors (Lipinski definition) is 5. The number of benzene rings is 1. The Bertz CT molecular complexity index is 654. The molecule has 0 fully saturated rings. The van der Waals surface area contributed by atoms with Crippen LogP contribution in [0.2, 0.25) is 0 Å². The summed E-state index contributed by atoms with van der Waals surface area (Å²) in [6.07, 6.45) is 4.86. The summed E-state index contributed by atoms with van der Waals surface area (Å²) >= 11 is 0. The van der Waals surface area contributed by atoms with Crippen LogP contribution in [0, 0.1) is 0 Å².